The SMILES string of the molecule is CN(Cc1ccc(F)cc1)C[C@]1(O)CCNC1. The maximum Gasteiger partial charge on any atom is 0.123 e. The molecule has 0 unspecified atom stereocenters. The maximum atomic E-state index is 12.8. The van der Waals surface area contributed by atoms with Gasteiger partial charge in [-0.25, -0.2) is 4.39 Å². The fourth-order valence-corrected chi connectivity index (χ4v) is 2.33. The van der Waals surface area contributed by atoms with Crippen molar-refractivity contribution in [3.8, 4) is 0 Å². The Kier molecular flexibility index (Phi) is 3.76. The van der Waals surface area contributed by atoms with E-state index in [2.05, 4.69) is 10.2 Å². The summed E-state index contributed by atoms with van der Waals surface area (Å²) in [5, 5.41) is 13.4. The van der Waals surface area contributed by atoms with E-state index in [0.717, 1.165) is 25.1 Å². The molecule has 2 N–H and O–H groups in total. The van der Waals surface area contributed by atoms with Crippen LogP contribution >= 0.6 is 0 Å². The van der Waals surface area contributed by atoms with Gasteiger partial charge in [-0.05, 0) is 37.7 Å². The Hall–Kier alpha value is -0.970. The highest BCUT2D eigenvalue weighted by atomic mass is 19.1. The minimum Gasteiger partial charge on any atom is -0.387 e. The number of nitrogens with zero attached hydrogens (tertiary/aromatic N) is 1. The van der Waals surface area contributed by atoms with Crippen LogP contribution in [0.25, 0.3) is 0 Å². The number of hydrogen-bond acceptors (Lipinski definition) is 3. The number of benzene rings is 1. The summed E-state index contributed by atoms with van der Waals surface area (Å²) in [6, 6.07) is 6.50. The molecule has 17 heavy (non-hydrogen) atoms. The Morgan fingerprint density at radius 2 is 2.12 bits per heavy atom. The number of nitrogens with one attached hydrogen (secondary N) is 1. The third-order valence-electron chi connectivity index (χ3n) is 3.15. The molecule has 0 radical (unpaired) electrons. The van der Waals surface area contributed by atoms with Crippen molar-refractivity contribution in [2.75, 3.05) is 26.7 Å². The van der Waals surface area contributed by atoms with E-state index in [1.807, 2.05) is 7.05 Å². The van der Waals surface area contributed by atoms with Gasteiger partial charge in [-0.2, -0.15) is 0 Å². The zero-order valence-corrected chi connectivity index (χ0v) is 10.1. The molecule has 1 aromatic carbocycles. The van der Waals surface area contributed by atoms with Crippen LogP contribution < -0.4 is 5.32 Å². The normalized spacial score (nSPS) is 24.5. The number of β-amino-alcohol motifs (C(OH)–C–C–N with tert-alkyl or cyclic N) is 1. The Labute approximate surface area is 101 Å². The van der Waals surface area contributed by atoms with Crippen molar-refractivity contribution >= 4 is 0 Å². The summed E-state index contributed by atoms with van der Waals surface area (Å²) >= 11 is 0. The van der Waals surface area contributed by atoms with E-state index in [9.17, 15) is 9.50 Å². The zero-order chi connectivity index (χ0) is 12.3. The highest BCUT2D eigenvalue weighted by Crippen LogP contribution is 2.16. The molecule has 1 fully saturated rings. The molecule has 0 bridgehead atoms. The number of rotatable bonds is 4. The third-order valence-corrected chi connectivity index (χ3v) is 3.15. The van der Waals surface area contributed by atoms with Gasteiger partial charge in [0, 0.05) is 19.6 Å². The molecule has 1 aromatic rings. The lowest BCUT2D eigenvalue weighted by atomic mass is 10.0. The van der Waals surface area contributed by atoms with E-state index >= 15 is 0 Å². The molecular weight excluding hydrogens is 219 g/mol. The minimum atomic E-state index is -0.616. The molecule has 0 aromatic heterocycles. The lowest BCUT2D eigenvalue weighted by Crippen LogP contribution is -2.42. The molecular formula is C13H19FN2O. The lowest BCUT2D eigenvalue weighted by Gasteiger charge is -2.28. The first-order valence-electron chi connectivity index (χ1n) is 5.93. The molecule has 0 amide bonds. The average molecular weight is 238 g/mol. The first kappa shape index (κ1) is 12.5. The number of likely N-dealkylation sites (N-methyl/N-ethyl adjacent to an activating group) is 1. The molecule has 0 aliphatic carbocycles. The molecule has 1 atom stereocenters. The van der Waals surface area contributed by atoms with Crippen molar-refractivity contribution in [2.45, 2.75) is 18.6 Å². The van der Waals surface area contributed by atoms with Gasteiger partial charge in [0.2, 0.25) is 0 Å². The quantitative estimate of drug-likeness (QED) is 0.821. The van der Waals surface area contributed by atoms with Crippen LogP contribution in [0.4, 0.5) is 4.39 Å². The highest BCUT2D eigenvalue weighted by molar-refractivity contribution is 5.15. The van der Waals surface area contributed by atoms with Crippen LogP contribution in [0.5, 0.6) is 0 Å². The van der Waals surface area contributed by atoms with Crippen LogP contribution in [0.3, 0.4) is 0 Å². The molecule has 2 rings (SSSR count). The van der Waals surface area contributed by atoms with Gasteiger partial charge in [-0.15, -0.1) is 0 Å². The fourth-order valence-electron chi connectivity index (χ4n) is 2.33. The molecule has 1 aliphatic heterocycles. The van der Waals surface area contributed by atoms with Crippen molar-refractivity contribution in [2.24, 2.45) is 0 Å². The predicted molar refractivity (Wildman–Crippen MR) is 65.2 cm³/mol. The summed E-state index contributed by atoms with van der Waals surface area (Å²) in [5.74, 6) is -0.213. The molecule has 3 nitrogen and oxygen atoms in total. The summed E-state index contributed by atoms with van der Waals surface area (Å²) in [4.78, 5) is 2.07. The van der Waals surface area contributed by atoms with Crippen molar-refractivity contribution in [3.63, 3.8) is 0 Å². The maximum absolute atomic E-state index is 12.8. The van der Waals surface area contributed by atoms with E-state index in [-0.39, 0.29) is 5.82 Å². The van der Waals surface area contributed by atoms with Crippen LogP contribution in [0.2, 0.25) is 0 Å². The molecule has 0 saturated carbocycles. The monoisotopic (exact) mass is 238 g/mol. The summed E-state index contributed by atoms with van der Waals surface area (Å²) in [7, 11) is 1.97. The van der Waals surface area contributed by atoms with E-state index < -0.39 is 5.60 Å². The van der Waals surface area contributed by atoms with Crippen LogP contribution in [-0.4, -0.2) is 42.3 Å². The zero-order valence-electron chi connectivity index (χ0n) is 10.1. The number of halogens is 1. The second-order valence-electron chi connectivity index (χ2n) is 4.95. The number of aliphatic hydroxyl groups is 1. The van der Waals surface area contributed by atoms with Crippen LogP contribution in [-0.2, 0) is 6.54 Å². The second kappa shape index (κ2) is 5.12. The van der Waals surface area contributed by atoms with E-state index in [0.29, 0.717) is 13.1 Å². The Morgan fingerprint density at radius 1 is 1.41 bits per heavy atom. The second-order valence-corrected chi connectivity index (χ2v) is 4.95. The third kappa shape index (κ3) is 3.49. The highest BCUT2D eigenvalue weighted by Gasteiger charge is 2.31. The molecule has 1 saturated heterocycles. The first-order chi connectivity index (χ1) is 8.07. The largest absolute Gasteiger partial charge is 0.387 e. The van der Waals surface area contributed by atoms with Crippen LogP contribution in [0.15, 0.2) is 24.3 Å². The molecule has 1 heterocycles. The van der Waals surface area contributed by atoms with Gasteiger partial charge in [0.15, 0.2) is 0 Å². The summed E-state index contributed by atoms with van der Waals surface area (Å²) in [6.45, 7) is 2.89. The van der Waals surface area contributed by atoms with Gasteiger partial charge in [0.05, 0.1) is 5.60 Å². The van der Waals surface area contributed by atoms with Crippen LogP contribution in [0, 0.1) is 5.82 Å². The molecule has 4 heteroatoms. The predicted octanol–water partition coefficient (Wildman–Crippen LogP) is 0.982. The average Bonchev–Trinajstić information content (AvgIpc) is 2.68. The van der Waals surface area contributed by atoms with Gasteiger partial charge < -0.3 is 10.4 Å². The Bertz CT molecular complexity index is 360. The van der Waals surface area contributed by atoms with E-state index in [1.165, 1.54) is 12.1 Å². The van der Waals surface area contributed by atoms with Crippen molar-refractivity contribution in [1.82, 2.24) is 10.2 Å². The Balaban J connectivity index is 1.88. The lowest BCUT2D eigenvalue weighted by molar-refractivity contribution is 0.0264. The van der Waals surface area contributed by atoms with Gasteiger partial charge in [-0.3, -0.25) is 4.90 Å². The smallest absolute Gasteiger partial charge is 0.123 e. The molecule has 0 spiro atoms. The molecule has 1 aliphatic rings. The number of hydrogen-bond donors (Lipinski definition) is 2. The van der Waals surface area contributed by atoms with Crippen molar-refractivity contribution in [1.29, 1.82) is 0 Å². The summed E-state index contributed by atoms with van der Waals surface area (Å²) < 4.78 is 12.8. The standard InChI is InChI=1S/C13H19FN2O/c1-16(10-13(17)6-7-15-9-13)8-11-2-4-12(14)5-3-11/h2-5,15,17H,6-10H2,1H3/t13-/m0/s1. The summed E-state index contributed by atoms with van der Waals surface area (Å²) in [5.41, 5.74) is 0.442. The van der Waals surface area contributed by atoms with Gasteiger partial charge in [0.1, 0.15) is 5.82 Å². The summed E-state index contributed by atoms with van der Waals surface area (Å²) in [6.07, 6.45) is 0.792. The Morgan fingerprint density at radius 3 is 2.71 bits per heavy atom. The van der Waals surface area contributed by atoms with E-state index in [1.54, 1.807) is 12.1 Å². The topological polar surface area (TPSA) is 35.5 Å². The molecule has 94 valence electrons. The van der Waals surface area contributed by atoms with Crippen molar-refractivity contribution in [3.05, 3.63) is 35.6 Å². The fraction of sp³-hybridized carbons (Fsp3) is 0.538. The van der Waals surface area contributed by atoms with E-state index in [4.69, 9.17) is 0 Å². The minimum absolute atomic E-state index is 0.213. The van der Waals surface area contributed by atoms with Gasteiger partial charge in [-0.1, -0.05) is 12.1 Å². The van der Waals surface area contributed by atoms with Gasteiger partial charge >= 0.3 is 0 Å². The van der Waals surface area contributed by atoms with Crippen LogP contribution in [0.1, 0.15) is 12.0 Å². The van der Waals surface area contributed by atoms with Crippen molar-refractivity contribution < 1.29 is 9.50 Å². The first-order valence-corrected chi connectivity index (χ1v) is 5.93. The van der Waals surface area contributed by atoms with Gasteiger partial charge in [0.25, 0.3) is 0 Å².